The molecule has 0 radical (unpaired) electrons. The van der Waals surface area contributed by atoms with Crippen LogP contribution < -0.4 is 0 Å². The minimum Gasteiger partial charge on any atom is -0.375 e. The van der Waals surface area contributed by atoms with Gasteiger partial charge in [0.05, 0.1) is 29.3 Å². The van der Waals surface area contributed by atoms with E-state index in [4.69, 9.17) is 4.74 Å². The van der Waals surface area contributed by atoms with Crippen LogP contribution in [0.5, 0.6) is 0 Å². The number of hydrogen-bond donors (Lipinski definition) is 0. The lowest BCUT2D eigenvalue weighted by Gasteiger charge is -2.39. The number of thiazole rings is 1. The molecule has 0 saturated carbocycles. The summed E-state index contributed by atoms with van der Waals surface area (Å²) < 4.78 is 4.96. The van der Waals surface area contributed by atoms with Gasteiger partial charge in [0.1, 0.15) is 6.61 Å². The molecule has 120 valence electrons. The maximum atomic E-state index is 12.3. The van der Waals surface area contributed by atoms with Crippen LogP contribution >= 0.6 is 11.3 Å². The van der Waals surface area contributed by atoms with Crippen molar-refractivity contribution < 1.29 is 14.3 Å². The number of piperidine rings is 1. The SMILES string of the molecule is COCC(=O)N1CC[C@H]2[C@@H]1CCC(=O)N2Cc1csc(C)n1. The summed E-state index contributed by atoms with van der Waals surface area (Å²) in [6.07, 6.45) is 2.10. The number of carbonyl (C=O) groups is 2. The predicted octanol–water partition coefficient (Wildman–Crippen LogP) is 1.19. The van der Waals surface area contributed by atoms with Gasteiger partial charge >= 0.3 is 0 Å². The van der Waals surface area contributed by atoms with Gasteiger partial charge in [-0.15, -0.1) is 11.3 Å². The number of fused-ring (bicyclic) bond motifs is 1. The molecule has 1 aromatic heterocycles. The Morgan fingerprint density at radius 1 is 1.45 bits per heavy atom. The summed E-state index contributed by atoms with van der Waals surface area (Å²) in [4.78, 5) is 32.7. The highest BCUT2D eigenvalue weighted by Crippen LogP contribution is 2.32. The summed E-state index contributed by atoms with van der Waals surface area (Å²) in [6, 6.07) is 0.240. The fourth-order valence-corrected chi connectivity index (χ4v) is 4.13. The van der Waals surface area contributed by atoms with E-state index in [1.165, 1.54) is 7.11 Å². The van der Waals surface area contributed by atoms with Crippen molar-refractivity contribution in [2.45, 2.75) is 44.8 Å². The van der Waals surface area contributed by atoms with Gasteiger partial charge in [-0.2, -0.15) is 0 Å². The molecule has 2 amide bonds. The molecule has 3 rings (SSSR count). The first-order valence-electron chi connectivity index (χ1n) is 7.59. The number of carbonyl (C=O) groups excluding carboxylic acids is 2. The highest BCUT2D eigenvalue weighted by atomic mass is 32.1. The Morgan fingerprint density at radius 2 is 2.27 bits per heavy atom. The molecular formula is C15H21N3O3S. The van der Waals surface area contributed by atoms with Gasteiger partial charge in [0.15, 0.2) is 0 Å². The summed E-state index contributed by atoms with van der Waals surface area (Å²) in [5, 5.41) is 3.02. The number of methoxy groups -OCH3 is 1. The molecule has 0 bridgehead atoms. The number of nitrogens with zero attached hydrogens (tertiary/aromatic N) is 3. The van der Waals surface area contributed by atoms with Crippen LogP contribution in [0, 0.1) is 6.92 Å². The molecule has 0 unspecified atom stereocenters. The zero-order valence-corrected chi connectivity index (χ0v) is 13.8. The van der Waals surface area contributed by atoms with Gasteiger partial charge in [-0.25, -0.2) is 4.98 Å². The number of rotatable bonds is 4. The van der Waals surface area contributed by atoms with E-state index in [1.54, 1.807) is 11.3 Å². The number of likely N-dealkylation sites (tertiary alicyclic amines) is 2. The Balaban J connectivity index is 1.74. The van der Waals surface area contributed by atoms with Crippen LogP contribution in [0.2, 0.25) is 0 Å². The van der Waals surface area contributed by atoms with Gasteiger partial charge in [0.25, 0.3) is 0 Å². The third-order valence-electron chi connectivity index (χ3n) is 4.47. The summed E-state index contributed by atoms with van der Waals surface area (Å²) in [6.45, 7) is 3.34. The van der Waals surface area contributed by atoms with Crippen LogP contribution in [0.1, 0.15) is 30.0 Å². The van der Waals surface area contributed by atoms with Crippen LogP contribution in [0.25, 0.3) is 0 Å². The number of hydrogen-bond acceptors (Lipinski definition) is 5. The second kappa shape index (κ2) is 6.34. The van der Waals surface area contributed by atoms with E-state index >= 15 is 0 Å². The maximum absolute atomic E-state index is 12.3. The average molecular weight is 323 g/mol. The molecule has 0 aromatic carbocycles. The van der Waals surface area contributed by atoms with Crippen molar-refractivity contribution in [3.63, 3.8) is 0 Å². The highest BCUT2D eigenvalue weighted by Gasteiger charge is 2.44. The monoisotopic (exact) mass is 323 g/mol. The van der Waals surface area contributed by atoms with Gasteiger partial charge in [-0.1, -0.05) is 0 Å². The molecule has 0 N–H and O–H groups in total. The van der Waals surface area contributed by atoms with Gasteiger partial charge in [0, 0.05) is 25.5 Å². The minimum atomic E-state index is 0.0220. The molecule has 2 aliphatic rings. The zero-order chi connectivity index (χ0) is 15.7. The number of ether oxygens (including phenoxy) is 1. The molecule has 0 aliphatic carbocycles. The summed E-state index contributed by atoms with van der Waals surface area (Å²) in [7, 11) is 1.53. The Hall–Kier alpha value is -1.47. The van der Waals surface area contributed by atoms with Crippen molar-refractivity contribution in [1.82, 2.24) is 14.8 Å². The molecule has 2 saturated heterocycles. The van der Waals surface area contributed by atoms with E-state index in [2.05, 4.69) is 4.98 Å². The summed E-state index contributed by atoms with van der Waals surface area (Å²) >= 11 is 1.60. The third-order valence-corrected chi connectivity index (χ3v) is 5.29. The number of aryl methyl sites for hydroxylation is 1. The van der Waals surface area contributed by atoms with Gasteiger partial charge < -0.3 is 14.5 Å². The van der Waals surface area contributed by atoms with Crippen LogP contribution in [0.15, 0.2) is 5.38 Å². The van der Waals surface area contributed by atoms with E-state index in [0.29, 0.717) is 19.5 Å². The van der Waals surface area contributed by atoms with Crippen molar-refractivity contribution in [2.24, 2.45) is 0 Å². The standard InChI is InChI=1S/C15H21N3O3S/c1-10-16-11(9-22-10)7-18-13-5-6-17(15(20)8-21-2)12(13)3-4-14(18)19/h9,12-13H,3-8H2,1-2H3/t12-,13-/m0/s1. The quantitative estimate of drug-likeness (QED) is 0.835. The van der Waals surface area contributed by atoms with Crippen LogP contribution in [0.3, 0.4) is 0 Å². The topological polar surface area (TPSA) is 62.7 Å². The first kappa shape index (κ1) is 15.4. The maximum Gasteiger partial charge on any atom is 0.248 e. The lowest BCUT2D eigenvalue weighted by atomic mass is 9.96. The smallest absolute Gasteiger partial charge is 0.248 e. The predicted molar refractivity (Wildman–Crippen MR) is 82.4 cm³/mol. The Bertz CT molecular complexity index is 574. The lowest BCUT2D eigenvalue weighted by Crippen LogP contribution is -2.53. The lowest BCUT2D eigenvalue weighted by molar-refractivity contribution is -0.144. The van der Waals surface area contributed by atoms with E-state index in [9.17, 15) is 9.59 Å². The first-order chi connectivity index (χ1) is 10.6. The Morgan fingerprint density at radius 3 is 2.95 bits per heavy atom. The molecule has 0 spiro atoms. The fourth-order valence-electron chi connectivity index (χ4n) is 3.53. The largest absolute Gasteiger partial charge is 0.375 e. The van der Waals surface area contributed by atoms with Gasteiger partial charge in [0.2, 0.25) is 11.8 Å². The van der Waals surface area contributed by atoms with Crippen molar-refractivity contribution in [3.05, 3.63) is 16.1 Å². The number of aromatic nitrogens is 1. The second-order valence-electron chi connectivity index (χ2n) is 5.86. The molecule has 2 aliphatic heterocycles. The summed E-state index contributed by atoms with van der Waals surface area (Å²) in [5.74, 6) is 0.196. The van der Waals surface area contributed by atoms with Crippen molar-refractivity contribution in [2.75, 3.05) is 20.3 Å². The van der Waals surface area contributed by atoms with Crippen LogP contribution in [0.4, 0.5) is 0 Å². The van der Waals surface area contributed by atoms with Crippen LogP contribution in [-0.2, 0) is 20.9 Å². The average Bonchev–Trinajstić information content (AvgIpc) is 3.08. The molecule has 2 atom stereocenters. The van der Waals surface area contributed by atoms with Gasteiger partial charge in [-0.3, -0.25) is 9.59 Å². The van der Waals surface area contributed by atoms with E-state index < -0.39 is 0 Å². The van der Waals surface area contributed by atoms with E-state index in [1.807, 2.05) is 22.1 Å². The van der Waals surface area contributed by atoms with Crippen molar-refractivity contribution in [1.29, 1.82) is 0 Å². The first-order valence-corrected chi connectivity index (χ1v) is 8.47. The molecule has 2 fully saturated rings. The van der Waals surface area contributed by atoms with Crippen molar-refractivity contribution >= 4 is 23.2 Å². The summed E-state index contributed by atoms with van der Waals surface area (Å²) in [5.41, 5.74) is 0.943. The van der Waals surface area contributed by atoms with Gasteiger partial charge in [-0.05, 0) is 19.8 Å². The normalized spacial score (nSPS) is 24.7. The zero-order valence-electron chi connectivity index (χ0n) is 12.9. The Labute approximate surface area is 134 Å². The van der Waals surface area contributed by atoms with E-state index in [-0.39, 0.29) is 30.5 Å². The minimum absolute atomic E-state index is 0.0220. The van der Waals surface area contributed by atoms with E-state index in [0.717, 1.165) is 23.5 Å². The second-order valence-corrected chi connectivity index (χ2v) is 6.92. The molecule has 22 heavy (non-hydrogen) atoms. The molecule has 3 heterocycles. The van der Waals surface area contributed by atoms with Crippen molar-refractivity contribution in [3.8, 4) is 0 Å². The molecular weight excluding hydrogens is 302 g/mol. The Kier molecular flexibility index (Phi) is 4.44. The fraction of sp³-hybridized carbons (Fsp3) is 0.667. The number of amides is 2. The molecule has 7 heteroatoms. The molecule has 6 nitrogen and oxygen atoms in total. The molecule has 1 aromatic rings. The highest BCUT2D eigenvalue weighted by molar-refractivity contribution is 7.09. The van der Waals surface area contributed by atoms with Crippen LogP contribution in [-0.4, -0.2) is 58.9 Å². The third kappa shape index (κ3) is 2.87.